The molecule has 2 saturated carbocycles. The maximum absolute atomic E-state index is 12.4. The average Bonchev–Trinajstić information content (AvgIpc) is 3.01. The molecule has 1 aromatic carbocycles. The second-order valence-electron chi connectivity index (χ2n) is 5.76. The van der Waals surface area contributed by atoms with Crippen molar-refractivity contribution >= 4 is 15.5 Å². The molecule has 0 saturated heterocycles. The fraction of sp³-hybridized carbons (Fsp3) is 0.571. The van der Waals surface area contributed by atoms with E-state index < -0.39 is 15.6 Å². The highest BCUT2D eigenvalue weighted by Gasteiger charge is 2.39. The van der Waals surface area contributed by atoms with Crippen LogP contribution in [0, 0.1) is 11.8 Å². The summed E-state index contributed by atoms with van der Waals surface area (Å²) in [6.07, 6.45) is 4.99. The summed E-state index contributed by atoms with van der Waals surface area (Å²) in [6, 6.07) is 6.07. The Balaban J connectivity index is 1.71. The smallest absolute Gasteiger partial charge is 0.341 e. The van der Waals surface area contributed by atoms with Crippen LogP contribution in [0.4, 0.5) is 14.5 Å². The lowest BCUT2D eigenvalue weighted by Gasteiger charge is -2.24. The molecule has 1 aromatic rings. The molecule has 3 rings (SSSR count). The first-order chi connectivity index (χ1) is 9.46. The molecule has 6 heteroatoms. The largest absolute Gasteiger partial charge is 0.382 e. The molecule has 2 aliphatic carbocycles. The number of rotatable bonds is 4. The van der Waals surface area contributed by atoms with Gasteiger partial charge in [-0.05, 0) is 55.4 Å². The summed E-state index contributed by atoms with van der Waals surface area (Å²) in [5.41, 5.74) is 0.802. The van der Waals surface area contributed by atoms with Crippen LogP contribution in [0.5, 0.6) is 0 Å². The van der Waals surface area contributed by atoms with Gasteiger partial charge in [-0.15, -0.1) is 0 Å². The van der Waals surface area contributed by atoms with Crippen molar-refractivity contribution in [3.63, 3.8) is 0 Å². The van der Waals surface area contributed by atoms with Crippen LogP contribution in [-0.2, 0) is 9.84 Å². The van der Waals surface area contributed by atoms with E-state index >= 15 is 0 Å². The maximum atomic E-state index is 12.4. The predicted molar refractivity (Wildman–Crippen MR) is 72.5 cm³/mol. The maximum Gasteiger partial charge on any atom is 0.341 e. The zero-order valence-corrected chi connectivity index (χ0v) is 11.7. The third-order valence-corrected chi connectivity index (χ3v) is 5.91. The number of hydrogen-bond acceptors (Lipinski definition) is 3. The predicted octanol–water partition coefficient (Wildman–Crippen LogP) is 3.28. The van der Waals surface area contributed by atoms with Crippen LogP contribution < -0.4 is 5.32 Å². The minimum atomic E-state index is -4.49. The molecule has 0 radical (unpaired) electrons. The third-order valence-electron chi connectivity index (χ3n) is 4.51. The van der Waals surface area contributed by atoms with Gasteiger partial charge in [0.2, 0.25) is 9.84 Å². The fourth-order valence-electron chi connectivity index (χ4n) is 3.48. The highest BCUT2D eigenvalue weighted by atomic mass is 32.2. The lowest BCUT2D eigenvalue weighted by molar-refractivity contribution is 0.234. The van der Waals surface area contributed by atoms with Gasteiger partial charge in [0.1, 0.15) is 0 Å². The Hall–Kier alpha value is -1.17. The molecule has 20 heavy (non-hydrogen) atoms. The average molecular weight is 301 g/mol. The summed E-state index contributed by atoms with van der Waals surface area (Å²) in [4.78, 5) is -0.328. The van der Waals surface area contributed by atoms with Gasteiger partial charge in [0.25, 0.3) is 0 Å². The Morgan fingerprint density at radius 2 is 1.80 bits per heavy atom. The quantitative estimate of drug-likeness (QED) is 0.928. The van der Waals surface area contributed by atoms with Crippen molar-refractivity contribution in [2.75, 3.05) is 5.32 Å². The van der Waals surface area contributed by atoms with Crippen molar-refractivity contribution in [2.45, 2.75) is 42.4 Å². The fourth-order valence-corrected chi connectivity index (χ4v) is 4.20. The first-order valence-corrected chi connectivity index (χ1v) is 8.40. The second-order valence-corrected chi connectivity index (χ2v) is 7.67. The van der Waals surface area contributed by atoms with Crippen LogP contribution in [0.1, 0.15) is 25.7 Å². The van der Waals surface area contributed by atoms with Gasteiger partial charge < -0.3 is 5.32 Å². The highest BCUT2D eigenvalue weighted by molar-refractivity contribution is 7.91. The molecule has 0 aromatic heterocycles. The first-order valence-electron chi connectivity index (χ1n) is 6.85. The van der Waals surface area contributed by atoms with Gasteiger partial charge in [-0.25, -0.2) is 8.42 Å². The molecule has 0 aliphatic heterocycles. The summed E-state index contributed by atoms with van der Waals surface area (Å²) in [5.74, 6) is -1.85. The van der Waals surface area contributed by atoms with Crippen molar-refractivity contribution in [3.8, 4) is 0 Å². The second kappa shape index (κ2) is 4.98. The molecule has 2 bridgehead atoms. The lowest BCUT2D eigenvalue weighted by atomic mass is 9.95. The molecule has 2 aliphatic rings. The van der Waals surface area contributed by atoms with E-state index in [0.29, 0.717) is 12.0 Å². The number of hydrogen-bond donors (Lipinski definition) is 1. The Morgan fingerprint density at radius 1 is 1.10 bits per heavy atom. The molecule has 2 fully saturated rings. The molecule has 1 N–H and O–H groups in total. The van der Waals surface area contributed by atoms with E-state index in [-0.39, 0.29) is 4.90 Å². The zero-order valence-electron chi connectivity index (χ0n) is 10.9. The van der Waals surface area contributed by atoms with Gasteiger partial charge in [0.15, 0.2) is 0 Å². The van der Waals surface area contributed by atoms with Gasteiger partial charge in [-0.1, -0.05) is 6.42 Å². The number of sulfone groups is 1. The highest BCUT2D eigenvalue weighted by Crippen LogP contribution is 2.45. The summed E-state index contributed by atoms with van der Waals surface area (Å²) in [7, 11) is -4.49. The van der Waals surface area contributed by atoms with Crippen molar-refractivity contribution in [3.05, 3.63) is 24.3 Å². The van der Waals surface area contributed by atoms with E-state index in [2.05, 4.69) is 5.32 Å². The molecule has 0 heterocycles. The van der Waals surface area contributed by atoms with Crippen LogP contribution >= 0.6 is 0 Å². The SMILES string of the molecule is O=S(=O)(c1ccc(NC2CC3CCC2C3)cc1)C(F)F. The number of nitrogens with one attached hydrogen (secondary N) is 1. The van der Waals surface area contributed by atoms with E-state index in [0.717, 1.165) is 18.0 Å². The van der Waals surface area contributed by atoms with Crippen LogP contribution in [0.3, 0.4) is 0 Å². The van der Waals surface area contributed by atoms with E-state index in [4.69, 9.17) is 0 Å². The first kappa shape index (κ1) is 13.8. The van der Waals surface area contributed by atoms with Gasteiger partial charge >= 0.3 is 5.76 Å². The van der Waals surface area contributed by atoms with Crippen molar-refractivity contribution in [2.24, 2.45) is 11.8 Å². The summed E-state index contributed by atoms with van der Waals surface area (Å²) < 4.78 is 47.5. The minimum absolute atomic E-state index is 0.328. The van der Waals surface area contributed by atoms with Crippen LogP contribution in [-0.4, -0.2) is 20.2 Å². The Kier molecular flexibility index (Phi) is 3.44. The monoisotopic (exact) mass is 301 g/mol. The standard InChI is InChI=1S/C14H17F2NO2S/c15-14(16)20(18,19)12-5-3-11(4-6-12)17-13-8-9-1-2-10(13)7-9/h3-6,9-10,13-14,17H,1-2,7-8H2. The molecule has 0 spiro atoms. The number of fused-ring (bicyclic) bond motifs is 2. The molecular formula is C14H17F2NO2S. The number of alkyl halides is 2. The topological polar surface area (TPSA) is 46.2 Å². The number of anilines is 1. The van der Waals surface area contributed by atoms with Gasteiger partial charge in [-0.2, -0.15) is 8.78 Å². The Bertz CT molecular complexity index is 586. The van der Waals surface area contributed by atoms with E-state index in [1.165, 1.54) is 31.4 Å². The third kappa shape index (κ3) is 2.41. The molecule has 3 unspecified atom stereocenters. The Morgan fingerprint density at radius 3 is 2.30 bits per heavy atom. The van der Waals surface area contributed by atoms with Gasteiger partial charge in [0, 0.05) is 11.7 Å². The van der Waals surface area contributed by atoms with Crippen molar-refractivity contribution in [1.82, 2.24) is 0 Å². The molecule has 3 nitrogen and oxygen atoms in total. The van der Waals surface area contributed by atoms with Crippen LogP contribution in [0.15, 0.2) is 29.2 Å². The zero-order chi connectivity index (χ0) is 14.3. The summed E-state index contributed by atoms with van der Waals surface area (Å²) >= 11 is 0. The number of benzene rings is 1. The number of halogens is 2. The molecule has 110 valence electrons. The Labute approximate surface area is 117 Å². The van der Waals surface area contributed by atoms with Crippen LogP contribution in [0.2, 0.25) is 0 Å². The van der Waals surface area contributed by atoms with Crippen molar-refractivity contribution < 1.29 is 17.2 Å². The van der Waals surface area contributed by atoms with Crippen molar-refractivity contribution in [1.29, 1.82) is 0 Å². The normalized spacial score (nSPS) is 29.1. The van der Waals surface area contributed by atoms with E-state index in [9.17, 15) is 17.2 Å². The van der Waals surface area contributed by atoms with E-state index in [1.54, 1.807) is 12.1 Å². The summed E-state index contributed by atoms with van der Waals surface area (Å²) in [6.45, 7) is 0. The van der Waals surface area contributed by atoms with Gasteiger partial charge in [0.05, 0.1) is 4.90 Å². The molecular weight excluding hydrogens is 284 g/mol. The lowest BCUT2D eigenvalue weighted by Crippen LogP contribution is -2.25. The van der Waals surface area contributed by atoms with E-state index in [1.807, 2.05) is 0 Å². The van der Waals surface area contributed by atoms with Crippen LogP contribution in [0.25, 0.3) is 0 Å². The summed E-state index contributed by atoms with van der Waals surface area (Å²) in [5, 5.41) is 3.40. The molecule has 3 atom stereocenters. The molecule has 0 amide bonds. The minimum Gasteiger partial charge on any atom is -0.382 e. The van der Waals surface area contributed by atoms with Gasteiger partial charge in [-0.3, -0.25) is 0 Å².